The lowest BCUT2D eigenvalue weighted by atomic mass is 10.1. The molecule has 20 heavy (non-hydrogen) atoms. The van der Waals surface area contributed by atoms with Gasteiger partial charge in [0.2, 0.25) is 0 Å². The number of aryl methyl sites for hydroxylation is 1. The lowest BCUT2D eigenvalue weighted by Crippen LogP contribution is -2.12. The summed E-state index contributed by atoms with van der Waals surface area (Å²) >= 11 is 0. The Kier molecular flexibility index (Phi) is 4.15. The molecule has 0 bridgehead atoms. The number of carbonyl (C=O) groups is 1. The monoisotopic (exact) mass is 272 g/mol. The van der Waals surface area contributed by atoms with Crippen molar-refractivity contribution >= 4 is 11.6 Å². The molecular weight excluding hydrogens is 255 g/mol. The highest BCUT2D eigenvalue weighted by Gasteiger charge is 2.08. The van der Waals surface area contributed by atoms with Crippen molar-refractivity contribution in [2.75, 3.05) is 5.32 Å². The third-order valence-electron chi connectivity index (χ3n) is 3.13. The van der Waals surface area contributed by atoms with E-state index < -0.39 is 0 Å². The summed E-state index contributed by atoms with van der Waals surface area (Å²) in [7, 11) is 0. The topological polar surface area (TPSA) is 55.1 Å². The van der Waals surface area contributed by atoms with Crippen LogP contribution in [0.5, 0.6) is 0 Å². The minimum Gasteiger partial charge on any atom is -0.324 e. The number of nitrogens with one attached hydrogen (secondary N) is 1. The Morgan fingerprint density at radius 1 is 1.20 bits per heavy atom. The quantitative estimate of drug-likeness (QED) is 0.899. The third-order valence-corrected chi connectivity index (χ3v) is 3.13. The van der Waals surface area contributed by atoms with Crippen LogP contribution in [-0.2, 0) is 0 Å². The molecule has 0 aliphatic heterocycles. The highest BCUT2D eigenvalue weighted by atomic mass is 19.1. The highest BCUT2D eigenvalue weighted by Crippen LogP contribution is 2.16. The van der Waals surface area contributed by atoms with E-state index in [9.17, 15) is 9.18 Å². The zero-order valence-electron chi connectivity index (χ0n) is 11.5. The smallest absolute Gasteiger partial charge is 0.255 e. The van der Waals surface area contributed by atoms with E-state index in [2.05, 4.69) is 5.32 Å². The van der Waals surface area contributed by atoms with E-state index in [1.54, 1.807) is 31.2 Å². The maximum absolute atomic E-state index is 13.4. The lowest BCUT2D eigenvalue weighted by molar-refractivity contribution is 0.102. The Morgan fingerprint density at radius 3 is 2.40 bits per heavy atom. The Labute approximate surface area is 117 Å². The van der Waals surface area contributed by atoms with Crippen molar-refractivity contribution < 1.29 is 9.18 Å². The summed E-state index contributed by atoms with van der Waals surface area (Å²) in [6.45, 7) is 3.55. The second-order valence-electron chi connectivity index (χ2n) is 4.83. The van der Waals surface area contributed by atoms with Gasteiger partial charge in [-0.05, 0) is 49.2 Å². The molecule has 0 aliphatic rings. The maximum Gasteiger partial charge on any atom is 0.255 e. The average Bonchev–Trinajstić information content (AvgIpc) is 2.42. The number of amides is 1. The molecule has 0 radical (unpaired) electrons. The van der Waals surface area contributed by atoms with Crippen molar-refractivity contribution in [3.05, 3.63) is 65.0 Å². The number of carbonyl (C=O) groups excluding carboxylic acids is 1. The maximum atomic E-state index is 13.4. The predicted molar refractivity (Wildman–Crippen MR) is 78.1 cm³/mol. The molecule has 0 heterocycles. The number of hydrogen-bond acceptors (Lipinski definition) is 2. The molecule has 104 valence electrons. The van der Waals surface area contributed by atoms with Gasteiger partial charge in [-0.15, -0.1) is 0 Å². The van der Waals surface area contributed by atoms with Gasteiger partial charge in [-0.2, -0.15) is 0 Å². The standard InChI is InChI=1S/C16H17FN2O/c1-10-3-4-13(9-15(10)17)16(20)19-14-7-5-12(6-8-14)11(2)18/h3-9,11H,18H2,1-2H3,(H,19,20). The Balaban J connectivity index is 2.12. The summed E-state index contributed by atoms with van der Waals surface area (Å²) in [4.78, 5) is 12.0. The van der Waals surface area contributed by atoms with Crippen molar-refractivity contribution in [3.63, 3.8) is 0 Å². The molecule has 1 amide bonds. The largest absolute Gasteiger partial charge is 0.324 e. The first-order chi connectivity index (χ1) is 9.47. The fourth-order valence-electron chi connectivity index (χ4n) is 1.81. The van der Waals surface area contributed by atoms with E-state index in [0.717, 1.165) is 5.56 Å². The molecule has 2 aromatic carbocycles. The van der Waals surface area contributed by atoms with Crippen molar-refractivity contribution in [1.82, 2.24) is 0 Å². The second kappa shape index (κ2) is 5.84. The van der Waals surface area contributed by atoms with Crippen molar-refractivity contribution in [2.45, 2.75) is 19.9 Å². The predicted octanol–water partition coefficient (Wildman–Crippen LogP) is 3.41. The molecule has 0 saturated carbocycles. The number of halogens is 1. The molecule has 0 spiro atoms. The normalized spacial score (nSPS) is 12.0. The van der Waals surface area contributed by atoms with Crippen LogP contribution in [0.15, 0.2) is 42.5 Å². The average molecular weight is 272 g/mol. The molecule has 3 N–H and O–H groups in total. The van der Waals surface area contributed by atoms with Crippen LogP contribution in [0.4, 0.5) is 10.1 Å². The fourth-order valence-corrected chi connectivity index (χ4v) is 1.81. The summed E-state index contributed by atoms with van der Waals surface area (Å²) in [5, 5.41) is 2.72. The third kappa shape index (κ3) is 3.22. The second-order valence-corrected chi connectivity index (χ2v) is 4.83. The molecule has 0 aromatic heterocycles. The van der Waals surface area contributed by atoms with Crippen LogP contribution in [-0.4, -0.2) is 5.91 Å². The summed E-state index contributed by atoms with van der Waals surface area (Å²) in [5.41, 5.74) is 8.21. The van der Waals surface area contributed by atoms with Crippen LogP contribution in [0.2, 0.25) is 0 Å². The Bertz CT molecular complexity index is 621. The fraction of sp³-hybridized carbons (Fsp3) is 0.188. The van der Waals surface area contributed by atoms with Gasteiger partial charge in [0.25, 0.3) is 5.91 Å². The first-order valence-electron chi connectivity index (χ1n) is 6.40. The van der Waals surface area contributed by atoms with E-state index >= 15 is 0 Å². The summed E-state index contributed by atoms with van der Waals surface area (Å²) in [6, 6.07) is 11.6. The van der Waals surface area contributed by atoms with Gasteiger partial charge in [0.1, 0.15) is 5.82 Å². The van der Waals surface area contributed by atoms with Crippen LogP contribution in [0, 0.1) is 12.7 Å². The Morgan fingerprint density at radius 2 is 1.85 bits per heavy atom. The summed E-state index contributed by atoms with van der Waals surface area (Å²) in [6.07, 6.45) is 0. The molecule has 0 aliphatic carbocycles. The number of benzene rings is 2. The van der Waals surface area contributed by atoms with Crippen molar-refractivity contribution in [2.24, 2.45) is 5.73 Å². The van der Waals surface area contributed by atoms with Gasteiger partial charge < -0.3 is 11.1 Å². The number of rotatable bonds is 3. The minimum atomic E-state index is -0.384. The summed E-state index contributed by atoms with van der Waals surface area (Å²) < 4.78 is 13.4. The summed E-state index contributed by atoms with van der Waals surface area (Å²) in [5.74, 6) is -0.720. The van der Waals surface area contributed by atoms with E-state index in [1.165, 1.54) is 6.07 Å². The highest BCUT2D eigenvalue weighted by molar-refractivity contribution is 6.04. The molecule has 2 rings (SSSR count). The molecule has 0 saturated heterocycles. The number of anilines is 1. The first-order valence-corrected chi connectivity index (χ1v) is 6.40. The van der Waals surface area contributed by atoms with Gasteiger partial charge in [0.15, 0.2) is 0 Å². The zero-order valence-corrected chi connectivity index (χ0v) is 11.5. The van der Waals surface area contributed by atoms with E-state index in [-0.39, 0.29) is 17.8 Å². The molecule has 3 nitrogen and oxygen atoms in total. The van der Waals surface area contributed by atoms with E-state index in [1.807, 2.05) is 19.1 Å². The molecule has 4 heteroatoms. The van der Waals surface area contributed by atoms with E-state index in [4.69, 9.17) is 5.73 Å². The Hall–Kier alpha value is -2.20. The van der Waals surface area contributed by atoms with E-state index in [0.29, 0.717) is 16.8 Å². The molecule has 2 aromatic rings. The molecule has 1 atom stereocenters. The van der Waals surface area contributed by atoms with Gasteiger partial charge >= 0.3 is 0 Å². The molecule has 1 unspecified atom stereocenters. The van der Waals surface area contributed by atoms with Crippen LogP contribution in [0.1, 0.15) is 34.5 Å². The van der Waals surface area contributed by atoms with Crippen molar-refractivity contribution in [1.29, 1.82) is 0 Å². The van der Waals surface area contributed by atoms with Gasteiger partial charge in [0.05, 0.1) is 0 Å². The van der Waals surface area contributed by atoms with Gasteiger partial charge in [0, 0.05) is 17.3 Å². The van der Waals surface area contributed by atoms with Crippen LogP contribution < -0.4 is 11.1 Å². The lowest BCUT2D eigenvalue weighted by Gasteiger charge is -2.09. The number of hydrogen-bond donors (Lipinski definition) is 2. The van der Waals surface area contributed by atoms with Crippen LogP contribution >= 0.6 is 0 Å². The van der Waals surface area contributed by atoms with Gasteiger partial charge in [-0.25, -0.2) is 4.39 Å². The van der Waals surface area contributed by atoms with Crippen molar-refractivity contribution in [3.8, 4) is 0 Å². The minimum absolute atomic E-state index is 0.0501. The molecule has 0 fully saturated rings. The first kappa shape index (κ1) is 14.2. The molecular formula is C16H17FN2O. The van der Waals surface area contributed by atoms with Crippen LogP contribution in [0.25, 0.3) is 0 Å². The number of nitrogens with two attached hydrogens (primary N) is 1. The van der Waals surface area contributed by atoms with Crippen LogP contribution in [0.3, 0.4) is 0 Å². The zero-order chi connectivity index (χ0) is 14.7. The van der Waals surface area contributed by atoms with Gasteiger partial charge in [-0.1, -0.05) is 18.2 Å². The van der Waals surface area contributed by atoms with Gasteiger partial charge in [-0.3, -0.25) is 4.79 Å². The SMILES string of the molecule is Cc1ccc(C(=O)Nc2ccc(C(C)N)cc2)cc1F.